The molecule has 0 unspecified atom stereocenters. The van der Waals surface area contributed by atoms with Crippen molar-refractivity contribution in [3.8, 4) is 6.07 Å². The molecule has 2 aromatic rings. The van der Waals surface area contributed by atoms with Gasteiger partial charge < -0.3 is 10.6 Å². The number of carbonyl (C=O) groups excluding carboxylic acids is 1. The molecule has 0 heterocycles. The molecule has 2 rings (SSSR count). The van der Waals surface area contributed by atoms with Crippen molar-refractivity contribution in [2.75, 3.05) is 11.9 Å². The molecule has 0 aliphatic carbocycles. The summed E-state index contributed by atoms with van der Waals surface area (Å²) >= 11 is 3.31. The summed E-state index contributed by atoms with van der Waals surface area (Å²) in [5.41, 5.74) is 2.41. The van der Waals surface area contributed by atoms with E-state index in [1.54, 1.807) is 18.2 Å². The van der Waals surface area contributed by atoms with Crippen molar-refractivity contribution in [1.29, 1.82) is 5.26 Å². The first-order valence-electron chi connectivity index (χ1n) is 6.43. The molecule has 2 N–H and O–H groups in total. The van der Waals surface area contributed by atoms with Crippen LogP contribution in [0.1, 0.15) is 11.1 Å². The number of nitriles is 1. The van der Waals surface area contributed by atoms with Crippen LogP contribution in [0.25, 0.3) is 0 Å². The first kappa shape index (κ1) is 15.1. The maximum atomic E-state index is 11.8. The minimum atomic E-state index is -0.0839. The average molecular weight is 344 g/mol. The summed E-state index contributed by atoms with van der Waals surface area (Å²) in [5.74, 6) is -0.0839. The minimum Gasteiger partial charge on any atom is -0.376 e. The van der Waals surface area contributed by atoms with Crippen molar-refractivity contribution in [3.63, 3.8) is 0 Å². The van der Waals surface area contributed by atoms with Gasteiger partial charge in [-0.2, -0.15) is 5.26 Å². The largest absolute Gasteiger partial charge is 0.376 e. The molecule has 2 aromatic carbocycles. The lowest BCUT2D eigenvalue weighted by Gasteiger charge is -2.08. The van der Waals surface area contributed by atoms with Crippen molar-refractivity contribution >= 4 is 27.5 Å². The van der Waals surface area contributed by atoms with Gasteiger partial charge in [-0.1, -0.05) is 30.3 Å². The van der Waals surface area contributed by atoms with Crippen molar-refractivity contribution in [2.24, 2.45) is 0 Å². The quantitative estimate of drug-likeness (QED) is 0.876. The molecule has 0 aliphatic rings. The summed E-state index contributed by atoms with van der Waals surface area (Å²) in [5, 5.41) is 14.7. The summed E-state index contributed by atoms with van der Waals surface area (Å²) in [6.45, 7) is 0.698. The first-order valence-corrected chi connectivity index (χ1v) is 7.22. The number of benzene rings is 2. The Bertz CT molecular complexity index is 665. The molecule has 0 saturated carbocycles. The molecule has 0 saturated heterocycles. The van der Waals surface area contributed by atoms with E-state index in [-0.39, 0.29) is 12.5 Å². The van der Waals surface area contributed by atoms with E-state index in [9.17, 15) is 4.79 Å². The molecule has 4 nitrogen and oxygen atoms in total. The van der Waals surface area contributed by atoms with Crippen molar-refractivity contribution < 1.29 is 4.79 Å². The summed E-state index contributed by atoms with van der Waals surface area (Å²) in [4.78, 5) is 11.8. The summed E-state index contributed by atoms with van der Waals surface area (Å²) < 4.78 is 0.708. The third-order valence-electron chi connectivity index (χ3n) is 2.88. The van der Waals surface area contributed by atoms with Crippen LogP contribution in [-0.4, -0.2) is 12.5 Å². The standard InChI is InChI=1S/C16H14BrN3O/c17-15-8-14(7-6-13(15)9-18)19-11-16(21)20-10-12-4-2-1-3-5-12/h1-8,19H,10-11H2,(H,20,21). The summed E-state index contributed by atoms with van der Waals surface area (Å²) in [7, 11) is 0. The number of hydrogen-bond donors (Lipinski definition) is 2. The van der Waals surface area contributed by atoms with E-state index in [0.717, 1.165) is 11.3 Å². The van der Waals surface area contributed by atoms with Crippen LogP contribution in [0, 0.1) is 11.3 Å². The zero-order valence-electron chi connectivity index (χ0n) is 11.3. The highest BCUT2D eigenvalue weighted by molar-refractivity contribution is 9.10. The first-order chi connectivity index (χ1) is 10.2. The van der Waals surface area contributed by atoms with Gasteiger partial charge in [-0.3, -0.25) is 4.79 Å². The SMILES string of the molecule is N#Cc1ccc(NCC(=O)NCc2ccccc2)cc1Br. The molecular formula is C16H14BrN3O. The van der Waals surface area contributed by atoms with Gasteiger partial charge in [-0.15, -0.1) is 0 Å². The number of anilines is 1. The highest BCUT2D eigenvalue weighted by atomic mass is 79.9. The molecule has 0 spiro atoms. The Labute approximate surface area is 131 Å². The molecule has 106 valence electrons. The second-order valence-electron chi connectivity index (χ2n) is 4.42. The minimum absolute atomic E-state index is 0.0839. The number of amides is 1. The predicted octanol–water partition coefficient (Wildman–Crippen LogP) is 3.05. The molecular weight excluding hydrogens is 330 g/mol. The normalized spacial score (nSPS) is 9.71. The maximum Gasteiger partial charge on any atom is 0.239 e. The van der Waals surface area contributed by atoms with Crippen molar-refractivity contribution in [1.82, 2.24) is 5.32 Å². The van der Waals surface area contributed by atoms with Crippen LogP contribution < -0.4 is 10.6 Å². The smallest absolute Gasteiger partial charge is 0.239 e. The summed E-state index contributed by atoms with van der Waals surface area (Å²) in [6, 6.07) is 17.1. The van der Waals surface area contributed by atoms with Gasteiger partial charge in [0.05, 0.1) is 12.1 Å². The third-order valence-corrected chi connectivity index (χ3v) is 3.53. The highest BCUT2D eigenvalue weighted by Gasteiger charge is 2.03. The monoisotopic (exact) mass is 343 g/mol. The lowest BCUT2D eigenvalue weighted by atomic mass is 10.2. The Balaban J connectivity index is 1.81. The fourth-order valence-corrected chi connectivity index (χ4v) is 2.22. The van der Waals surface area contributed by atoms with Gasteiger partial charge in [0.1, 0.15) is 6.07 Å². The Kier molecular flexibility index (Phi) is 5.35. The van der Waals surface area contributed by atoms with Crippen LogP contribution in [0.2, 0.25) is 0 Å². The molecule has 0 bridgehead atoms. The van der Waals surface area contributed by atoms with E-state index in [1.165, 1.54) is 0 Å². The van der Waals surface area contributed by atoms with Crippen LogP contribution in [-0.2, 0) is 11.3 Å². The topological polar surface area (TPSA) is 64.9 Å². The van der Waals surface area contributed by atoms with Gasteiger partial charge >= 0.3 is 0 Å². The van der Waals surface area contributed by atoms with Gasteiger partial charge in [0, 0.05) is 16.7 Å². The lowest BCUT2D eigenvalue weighted by molar-refractivity contribution is -0.119. The Morgan fingerprint density at radius 2 is 1.95 bits per heavy atom. The Morgan fingerprint density at radius 3 is 2.62 bits per heavy atom. The van der Waals surface area contributed by atoms with Crippen LogP contribution in [0.15, 0.2) is 53.0 Å². The number of rotatable bonds is 5. The van der Waals surface area contributed by atoms with Gasteiger partial charge in [-0.05, 0) is 39.7 Å². The van der Waals surface area contributed by atoms with Gasteiger partial charge in [0.25, 0.3) is 0 Å². The third kappa shape index (κ3) is 4.62. The zero-order valence-corrected chi connectivity index (χ0v) is 12.9. The molecule has 1 amide bonds. The van der Waals surface area contributed by atoms with Gasteiger partial charge in [0.2, 0.25) is 5.91 Å². The van der Waals surface area contributed by atoms with E-state index in [2.05, 4.69) is 32.6 Å². The molecule has 0 aromatic heterocycles. The zero-order chi connectivity index (χ0) is 15.1. The fraction of sp³-hybridized carbons (Fsp3) is 0.125. The number of halogens is 1. The molecule has 0 radical (unpaired) electrons. The number of carbonyl (C=O) groups is 1. The lowest BCUT2D eigenvalue weighted by Crippen LogP contribution is -2.29. The Morgan fingerprint density at radius 1 is 1.19 bits per heavy atom. The average Bonchev–Trinajstić information content (AvgIpc) is 2.52. The second kappa shape index (κ2) is 7.46. The molecule has 0 aliphatic heterocycles. The van der Waals surface area contributed by atoms with Crippen LogP contribution in [0.3, 0.4) is 0 Å². The van der Waals surface area contributed by atoms with E-state index in [1.807, 2.05) is 30.3 Å². The highest BCUT2D eigenvalue weighted by Crippen LogP contribution is 2.20. The molecule has 0 fully saturated rings. The maximum absolute atomic E-state index is 11.8. The van der Waals surface area contributed by atoms with Crippen molar-refractivity contribution in [2.45, 2.75) is 6.54 Å². The van der Waals surface area contributed by atoms with Crippen molar-refractivity contribution in [3.05, 3.63) is 64.1 Å². The fourth-order valence-electron chi connectivity index (χ4n) is 1.76. The van der Waals surface area contributed by atoms with E-state index in [0.29, 0.717) is 16.6 Å². The van der Waals surface area contributed by atoms with E-state index >= 15 is 0 Å². The Hall–Kier alpha value is -2.32. The number of hydrogen-bond acceptors (Lipinski definition) is 3. The predicted molar refractivity (Wildman–Crippen MR) is 85.6 cm³/mol. The van der Waals surface area contributed by atoms with Crippen LogP contribution >= 0.6 is 15.9 Å². The number of nitrogens with one attached hydrogen (secondary N) is 2. The summed E-state index contributed by atoms with van der Waals surface area (Å²) in [6.07, 6.45) is 0. The van der Waals surface area contributed by atoms with E-state index < -0.39 is 0 Å². The van der Waals surface area contributed by atoms with Gasteiger partial charge in [-0.25, -0.2) is 0 Å². The molecule has 0 atom stereocenters. The molecule has 5 heteroatoms. The molecule has 21 heavy (non-hydrogen) atoms. The van der Waals surface area contributed by atoms with Crippen LogP contribution in [0.4, 0.5) is 5.69 Å². The second-order valence-corrected chi connectivity index (χ2v) is 5.28. The number of nitrogens with zero attached hydrogens (tertiary/aromatic N) is 1. The van der Waals surface area contributed by atoms with Gasteiger partial charge in [0.15, 0.2) is 0 Å². The van der Waals surface area contributed by atoms with Crippen LogP contribution in [0.5, 0.6) is 0 Å². The van der Waals surface area contributed by atoms with E-state index in [4.69, 9.17) is 5.26 Å².